The largest absolute Gasteiger partial charge is 0.389 e. The van der Waals surface area contributed by atoms with Gasteiger partial charge in [0.1, 0.15) is 5.82 Å². The van der Waals surface area contributed by atoms with Gasteiger partial charge in [-0.2, -0.15) is 13.2 Å². The first-order valence-corrected chi connectivity index (χ1v) is 5.11. The lowest BCUT2D eigenvalue weighted by Crippen LogP contribution is -2.17. The number of hydrogen-bond acceptors (Lipinski definition) is 3. The number of aromatic nitrogens is 2. The topological polar surface area (TPSA) is 37.8 Å². The quantitative estimate of drug-likeness (QED) is 0.766. The highest BCUT2D eigenvalue weighted by atomic mass is 19.4. The second-order valence-corrected chi connectivity index (χ2v) is 3.41. The van der Waals surface area contributed by atoms with Crippen molar-refractivity contribution in [1.29, 1.82) is 0 Å². The second kappa shape index (κ2) is 6.42. The third-order valence-electron chi connectivity index (χ3n) is 1.97. The van der Waals surface area contributed by atoms with Gasteiger partial charge in [0, 0.05) is 18.8 Å². The molecule has 1 N–H and O–H groups in total. The van der Waals surface area contributed by atoms with Gasteiger partial charge >= 0.3 is 6.18 Å². The summed E-state index contributed by atoms with van der Waals surface area (Å²) >= 11 is 0. The van der Waals surface area contributed by atoms with Crippen LogP contribution in [0.3, 0.4) is 0 Å². The lowest BCUT2D eigenvalue weighted by atomic mass is 10.2. The van der Waals surface area contributed by atoms with Gasteiger partial charge < -0.3 is 5.32 Å². The Morgan fingerprint density at radius 1 is 1.12 bits per heavy atom. The molecule has 1 aromatic heterocycles. The predicted molar refractivity (Wildman–Crippen MR) is 53.6 cm³/mol. The first-order valence-electron chi connectivity index (χ1n) is 5.11. The summed E-state index contributed by atoms with van der Waals surface area (Å²) in [7, 11) is 0. The lowest BCUT2D eigenvalue weighted by molar-refractivity contribution is -0.135. The van der Waals surface area contributed by atoms with Gasteiger partial charge in [-0.25, -0.2) is 9.97 Å². The van der Waals surface area contributed by atoms with Crippen LogP contribution in [0.25, 0.3) is 0 Å². The van der Waals surface area contributed by atoms with E-state index in [0.29, 0.717) is 25.3 Å². The smallest absolute Gasteiger partial charge is 0.310 e. The Morgan fingerprint density at radius 3 is 2.44 bits per heavy atom. The molecule has 0 atom stereocenters. The molecule has 0 spiro atoms. The Balaban J connectivity index is 2.01. The molecule has 1 heterocycles. The van der Waals surface area contributed by atoms with Crippen LogP contribution in [0.1, 0.15) is 25.1 Å². The van der Waals surface area contributed by atoms with Gasteiger partial charge in [0.05, 0.1) is 6.54 Å². The molecule has 3 nitrogen and oxygen atoms in total. The Morgan fingerprint density at radius 2 is 1.81 bits per heavy atom. The first-order chi connectivity index (χ1) is 7.58. The molecule has 0 aliphatic carbocycles. The van der Waals surface area contributed by atoms with Crippen molar-refractivity contribution in [2.24, 2.45) is 0 Å². The summed E-state index contributed by atoms with van der Waals surface area (Å²) in [5, 5.41) is 3.00. The lowest BCUT2D eigenvalue weighted by Gasteiger charge is -2.06. The van der Waals surface area contributed by atoms with E-state index in [9.17, 15) is 13.2 Å². The van der Waals surface area contributed by atoms with E-state index in [0.717, 1.165) is 0 Å². The molecule has 1 rings (SSSR count). The molecule has 0 aliphatic rings. The van der Waals surface area contributed by atoms with Crippen LogP contribution in [0.15, 0.2) is 18.5 Å². The summed E-state index contributed by atoms with van der Waals surface area (Å²) in [6.45, 7) is 1.04. The van der Waals surface area contributed by atoms with E-state index >= 15 is 0 Å². The van der Waals surface area contributed by atoms with Crippen molar-refractivity contribution in [1.82, 2.24) is 15.3 Å². The molecule has 1 aromatic rings. The number of alkyl halides is 3. The number of nitrogens with zero attached hydrogens (tertiary/aromatic N) is 2. The van der Waals surface area contributed by atoms with Crippen LogP contribution in [0.5, 0.6) is 0 Å². The molecule has 0 fully saturated rings. The molecule has 6 heteroatoms. The standard InChI is InChI=1S/C10H14F3N3/c11-10(12,13)4-1-2-5-14-8-9-15-6-3-7-16-9/h3,6-7,14H,1-2,4-5,8H2. The van der Waals surface area contributed by atoms with E-state index in [2.05, 4.69) is 15.3 Å². The van der Waals surface area contributed by atoms with Crippen LogP contribution in [0.2, 0.25) is 0 Å². The maximum Gasteiger partial charge on any atom is 0.389 e. The minimum atomic E-state index is -4.04. The highest BCUT2D eigenvalue weighted by molar-refractivity contribution is 4.87. The monoisotopic (exact) mass is 233 g/mol. The zero-order valence-electron chi connectivity index (χ0n) is 8.80. The predicted octanol–water partition coefficient (Wildman–Crippen LogP) is 2.30. The van der Waals surface area contributed by atoms with Crippen LogP contribution in [-0.2, 0) is 6.54 Å². The van der Waals surface area contributed by atoms with Gasteiger partial charge in [-0.15, -0.1) is 0 Å². The summed E-state index contributed by atoms with van der Waals surface area (Å²) in [5.74, 6) is 0.651. The van der Waals surface area contributed by atoms with Crippen molar-refractivity contribution in [3.8, 4) is 0 Å². The highest BCUT2D eigenvalue weighted by Gasteiger charge is 2.25. The average Bonchev–Trinajstić information content (AvgIpc) is 2.23. The van der Waals surface area contributed by atoms with Crippen molar-refractivity contribution in [2.45, 2.75) is 32.0 Å². The fourth-order valence-electron chi connectivity index (χ4n) is 1.20. The molecule has 0 saturated heterocycles. The molecular formula is C10H14F3N3. The number of unbranched alkanes of at least 4 members (excludes halogenated alkanes) is 1. The van der Waals surface area contributed by atoms with Crippen molar-refractivity contribution in [3.63, 3.8) is 0 Å². The van der Waals surface area contributed by atoms with Crippen LogP contribution >= 0.6 is 0 Å². The third-order valence-corrected chi connectivity index (χ3v) is 1.97. The molecule has 0 bridgehead atoms. The van der Waals surface area contributed by atoms with E-state index in [1.807, 2.05) is 0 Å². The Hall–Kier alpha value is -1.17. The molecule has 16 heavy (non-hydrogen) atoms. The fraction of sp³-hybridized carbons (Fsp3) is 0.600. The van der Waals surface area contributed by atoms with Gasteiger partial charge in [0.15, 0.2) is 0 Å². The van der Waals surface area contributed by atoms with E-state index in [-0.39, 0.29) is 6.42 Å². The summed E-state index contributed by atoms with van der Waals surface area (Å²) in [4.78, 5) is 7.96. The molecule has 0 saturated carbocycles. The van der Waals surface area contributed by atoms with Gasteiger partial charge in [-0.05, 0) is 25.5 Å². The molecule has 0 amide bonds. The number of rotatable bonds is 6. The maximum absolute atomic E-state index is 11.8. The Kier molecular flexibility index (Phi) is 5.18. The average molecular weight is 233 g/mol. The van der Waals surface area contributed by atoms with Crippen LogP contribution < -0.4 is 5.32 Å². The normalized spacial score (nSPS) is 11.7. The van der Waals surface area contributed by atoms with Crippen molar-refractivity contribution in [2.75, 3.05) is 6.54 Å². The zero-order valence-corrected chi connectivity index (χ0v) is 8.80. The molecule has 90 valence electrons. The minimum Gasteiger partial charge on any atom is -0.310 e. The van der Waals surface area contributed by atoms with E-state index < -0.39 is 12.6 Å². The summed E-state index contributed by atoms with van der Waals surface area (Å²) in [6.07, 6.45) is -0.821. The van der Waals surface area contributed by atoms with Crippen molar-refractivity contribution < 1.29 is 13.2 Å². The van der Waals surface area contributed by atoms with E-state index in [4.69, 9.17) is 0 Å². The second-order valence-electron chi connectivity index (χ2n) is 3.41. The van der Waals surface area contributed by atoms with Crippen LogP contribution in [-0.4, -0.2) is 22.7 Å². The molecule has 0 aliphatic heterocycles. The number of nitrogens with one attached hydrogen (secondary N) is 1. The Bertz CT molecular complexity index is 287. The highest BCUT2D eigenvalue weighted by Crippen LogP contribution is 2.21. The zero-order chi connectivity index (χ0) is 11.9. The summed E-state index contributed by atoms with van der Waals surface area (Å²) < 4.78 is 35.4. The van der Waals surface area contributed by atoms with Gasteiger partial charge in [-0.1, -0.05) is 0 Å². The third kappa shape index (κ3) is 6.34. The SMILES string of the molecule is FC(F)(F)CCCCNCc1ncccn1. The summed E-state index contributed by atoms with van der Waals surface area (Å²) in [6, 6.07) is 1.72. The number of hydrogen-bond donors (Lipinski definition) is 1. The first kappa shape index (κ1) is 12.9. The molecule has 0 radical (unpaired) electrons. The summed E-state index contributed by atoms with van der Waals surface area (Å²) in [5.41, 5.74) is 0. The van der Waals surface area contributed by atoms with Gasteiger partial charge in [-0.3, -0.25) is 0 Å². The van der Waals surface area contributed by atoms with Gasteiger partial charge in [0.2, 0.25) is 0 Å². The van der Waals surface area contributed by atoms with Crippen molar-refractivity contribution in [3.05, 3.63) is 24.3 Å². The van der Waals surface area contributed by atoms with Crippen LogP contribution in [0, 0.1) is 0 Å². The van der Waals surface area contributed by atoms with Crippen molar-refractivity contribution >= 4 is 0 Å². The minimum absolute atomic E-state index is 0.159. The maximum atomic E-state index is 11.8. The molecule has 0 unspecified atom stereocenters. The molecule has 0 aromatic carbocycles. The fourth-order valence-corrected chi connectivity index (χ4v) is 1.20. The van der Waals surface area contributed by atoms with E-state index in [1.54, 1.807) is 18.5 Å². The van der Waals surface area contributed by atoms with E-state index in [1.165, 1.54) is 0 Å². The number of halogens is 3. The van der Waals surface area contributed by atoms with Gasteiger partial charge in [0.25, 0.3) is 0 Å². The van der Waals surface area contributed by atoms with Crippen LogP contribution in [0.4, 0.5) is 13.2 Å². The molecular weight excluding hydrogens is 219 g/mol. The Labute approximate surface area is 92.1 Å².